The fraction of sp³-hybridized carbons (Fsp3) is 0.400. The average Bonchev–Trinajstić information content (AvgIpc) is 2.83. The molecule has 0 radical (unpaired) electrons. The van der Waals surface area contributed by atoms with Gasteiger partial charge in [0.2, 0.25) is 23.6 Å². The minimum absolute atomic E-state index is 0. The molecular weight excluding hydrogens is 600 g/mol. The molecule has 0 saturated heterocycles. The summed E-state index contributed by atoms with van der Waals surface area (Å²) in [6.07, 6.45) is 0. The number of aliphatic carboxylic acids is 4. The van der Waals surface area contributed by atoms with E-state index < -0.39 is 96.8 Å². The van der Waals surface area contributed by atoms with Crippen molar-refractivity contribution in [3.8, 4) is 0 Å². The van der Waals surface area contributed by atoms with Crippen LogP contribution in [0.2, 0.25) is 0 Å². The number of carboxylic acid groups (broad SMARTS) is 4. The fourth-order valence-corrected chi connectivity index (χ4v) is 1.11. The Bertz CT molecular complexity index is 865. The van der Waals surface area contributed by atoms with Gasteiger partial charge < -0.3 is 60.9 Å². The van der Waals surface area contributed by atoms with E-state index in [1.807, 2.05) is 21.3 Å². The Labute approximate surface area is 245 Å². The van der Waals surface area contributed by atoms with Gasteiger partial charge >= 0.3 is 21.7 Å². The molecule has 0 heterocycles. The molecule has 0 bridgehead atoms. The third kappa shape index (κ3) is 39.8. The van der Waals surface area contributed by atoms with Gasteiger partial charge in [0.15, 0.2) is 23.1 Å². The van der Waals surface area contributed by atoms with E-state index in [4.69, 9.17) is 0 Å². The van der Waals surface area contributed by atoms with E-state index in [1.54, 1.807) is 0 Å². The van der Waals surface area contributed by atoms with Crippen LogP contribution < -0.4 is 41.7 Å². The maximum Gasteiger partial charge on any atom is 4.00 e. The van der Waals surface area contributed by atoms with E-state index in [-0.39, 0.29) is 21.7 Å². The maximum absolute atomic E-state index is 10.2. The molecule has 20 nitrogen and oxygen atoms in total. The van der Waals surface area contributed by atoms with Crippen LogP contribution in [0.5, 0.6) is 0 Å². The molecular formula is C20H24N4O16Ti. The molecule has 0 aromatic heterocycles. The van der Waals surface area contributed by atoms with Gasteiger partial charge in [0.05, 0.1) is 26.2 Å². The first-order valence-electron chi connectivity index (χ1n) is 10.1. The molecule has 4 amide bonds. The molecule has 4 N–H and O–H groups in total. The summed E-state index contributed by atoms with van der Waals surface area (Å²) in [5.41, 5.74) is 0. The molecule has 0 spiro atoms. The van der Waals surface area contributed by atoms with Crippen LogP contribution in [0.15, 0.2) is 0 Å². The van der Waals surface area contributed by atoms with Gasteiger partial charge in [0, 0.05) is 27.7 Å². The summed E-state index contributed by atoms with van der Waals surface area (Å²) in [5, 5.41) is 46.9. The van der Waals surface area contributed by atoms with Crippen molar-refractivity contribution in [2.45, 2.75) is 27.7 Å². The fourth-order valence-electron chi connectivity index (χ4n) is 1.11. The first kappa shape index (κ1) is 46.0. The summed E-state index contributed by atoms with van der Waals surface area (Å²) in [6, 6.07) is 0. The van der Waals surface area contributed by atoms with Gasteiger partial charge in [-0.15, -0.1) is 0 Å². The van der Waals surface area contributed by atoms with Gasteiger partial charge in [-0.1, -0.05) is 0 Å². The van der Waals surface area contributed by atoms with Gasteiger partial charge in [0.1, 0.15) is 23.9 Å². The van der Waals surface area contributed by atoms with Crippen molar-refractivity contribution in [3.05, 3.63) is 0 Å². The average molecular weight is 624 g/mol. The topological polar surface area (TPSA) is 345 Å². The Morgan fingerprint density at radius 2 is 0.488 bits per heavy atom. The molecule has 0 aromatic rings. The van der Waals surface area contributed by atoms with Crippen LogP contribution in [0, 0.1) is 0 Å². The molecule has 0 atom stereocenters. The van der Waals surface area contributed by atoms with Crippen LogP contribution in [-0.4, -0.2) is 96.8 Å². The van der Waals surface area contributed by atoms with Crippen molar-refractivity contribution < 1.29 is 99.7 Å². The number of hydrogen-bond donors (Lipinski definition) is 4. The zero-order chi connectivity index (χ0) is 32.6. The van der Waals surface area contributed by atoms with Crippen LogP contribution in [0.3, 0.4) is 0 Å². The monoisotopic (exact) mass is 624 g/mol. The normalized spacial score (nSPS) is 8.29. The summed E-state index contributed by atoms with van der Waals surface area (Å²) in [5.74, 6) is -13.4. The maximum atomic E-state index is 10.2. The molecule has 0 rings (SSSR count). The number of nitrogens with one attached hydrogen (secondary N) is 4. The number of rotatable bonds is 12. The van der Waals surface area contributed by atoms with Crippen molar-refractivity contribution in [3.63, 3.8) is 0 Å². The molecule has 0 unspecified atom stereocenters. The second-order valence-corrected chi connectivity index (χ2v) is 6.48. The second-order valence-electron chi connectivity index (χ2n) is 6.48. The Morgan fingerprint density at radius 1 is 0.366 bits per heavy atom. The van der Waals surface area contributed by atoms with E-state index in [1.165, 1.54) is 27.7 Å². The van der Waals surface area contributed by atoms with Gasteiger partial charge in [-0.2, -0.15) is 0 Å². The third-order valence-electron chi connectivity index (χ3n) is 2.90. The first-order chi connectivity index (χ1) is 18.1. The van der Waals surface area contributed by atoms with E-state index in [0.717, 1.165) is 0 Å². The predicted octanol–water partition coefficient (Wildman–Crippen LogP) is -10.2. The molecule has 0 fully saturated rings. The third-order valence-corrected chi connectivity index (χ3v) is 2.90. The molecule has 0 saturated carbocycles. The van der Waals surface area contributed by atoms with E-state index >= 15 is 0 Å². The Kier molecular flexibility index (Phi) is 30.0. The number of carbonyl (C=O) groups is 12. The van der Waals surface area contributed by atoms with E-state index in [9.17, 15) is 78.0 Å². The summed E-state index contributed by atoms with van der Waals surface area (Å²) in [6.45, 7) is 2.72. The minimum Gasteiger partial charge on any atom is -0.542 e. The quantitative estimate of drug-likeness (QED) is 0.116. The SMILES string of the molecule is CC(=O)NCC(=O)C(=O)[O-].CC(=O)NCC(=O)C(=O)[O-].CC(=O)NCC(=O)C(=O)[O-].CC(=O)NCC(=O)C(=O)[O-].[Ti+4]. The van der Waals surface area contributed by atoms with Gasteiger partial charge in [-0.25, -0.2) is 0 Å². The van der Waals surface area contributed by atoms with Crippen molar-refractivity contribution in [1.29, 1.82) is 0 Å². The molecule has 41 heavy (non-hydrogen) atoms. The Morgan fingerprint density at radius 3 is 0.561 bits per heavy atom. The van der Waals surface area contributed by atoms with Gasteiger partial charge in [0.25, 0.3) is 0 Å². The van der Waals surface area contributed by atoms with Crippen molar-refractivity contribution in [2.24, 2.45) is 0 Å². The number of Topliss-reactive ketones (excluding diaryl/α,β-unsaturated/α-hetero) is 4. The van der Waals surface area contributed by atoms with Gasteiger partial charge in [-0.3, -0.25) is 38.4 Å². The van der Waals surface area contributed by atoms with Gasteiger partial charge in [-0.05, 0) is 0 Å². The number of carbonyl (C=O) groups excluding carboxylic acids is 12. The Balaban J connectivity index is -0.000000139. The van der Waals surface area contributed by atoms with E-state index in [2.05, 4.69) is 0 Å². The molecule has 224 valence electrons. The Hall–Kier alpha value is -4.85. The zero-order valence-electron chi connectivity index (χ0n) is 21.9. The first-order valence-corrected chi connectivity index (χ1v) is 10.1. The zero-order valence-corrected chi connectivity index (χ0v) is 23.4. The predicted molar refractivity (Wildman–Crippen MR) is 115 cm³/mol. The smallest absolute Gasteiger partial charge is 0.542 e. The largest absolute Gasteiger partial charge is 4.00 e. The molecule has 21 heteroatoms. The second kappa shape index (κ2) is 26.7. The van der Waals surface area contributed by atoms with Crippen molar-refractivity contribution in [1.82, 2.24) is 21.3 Å². The minimum atomic E-state index is -1.78. The van der Waals surface area contributed by atoms with Crippen molar-refractivity contribution >= 4 is 70.6 Å². The van der Waals surface area contributed by atoms with Crippen LogP contribution in [0.25, 0.3) is 0 Å². The summed E-state index contributed by atoms with van der Waals surface area (Å²) < 4.78 is 0. The molecule has 0 aliphatic heterocycles. The van der Waals surface area contributed by atoms with Crippen molar-refractivity contribution in [2.75, 3.05) is 26.2 Å². The number of carboxylic acids is 4. The van der Waals surface area contributed by atoms with Crippen LogP contribution in [0.4, 0.5) is 0 Å². The molecule has 0 aromatic carbocycles. The van der Waals surface area contributed by atoms with Crippen LogP contribution in [-0.2, 0) is 79.3 Å². The number of hydrogen-bond acceptors (Lipinski definition) is 16. The molecule has 0 aliphatic rings. The summed E-state index contributed by atoms with van der Waals surface area (Å²) in [4.78, 5) is 120. The van der Waals surface area contributed by atoms with E-state index in [0.29, 0.717) is 0 Å². The number of ketones is 4. The number of amides is 4. The van der Waals surface area contributed by atoms with Crippen LogP contribution in [0.1, 0.15) is 27.7 Å². The summed E-state index contributed by atoms with van der Waals surface area (Å²) in [7, 11) is 0. The standard InChI is InChI=1S/4C5H7NO4.Ti/c4*1-3(7)6-2-4(8)5(9)10;/h4*2H2,1H3,(H,6,7)(H,9,10);/q;;;;+4/p-4. The summed E-state index contributed by atoms with van der Waals surface area (Å²) >= 11 is 0. The van der Waals surface area contributed by atoms with Crippen LogP contribution >= 0.6 is 0 Å². The molecule has 0 aliphatic carbocycles.